The van der Waals surface area contributed by atoms with E-state index < -0.39 is 5.60 Å². The molecule has 1 rings (SSSR count). The van der Waals surface area contributed by atoms with Gasteiger partial charge in [-0.3, -0.25) is 0 Å². The Balaban J connectivity index is 2.35. The lowest BCUT2D eigenvalue weighted by Crippen LogP contribution is -2.44. The van der Waals surface area contributed by atoms with Gasteiger partial charge < -0.3 is 10.4 Å². The van der Waals surface area contributed by atoms with E-state index in [9.17, 15) is 5.11 Å². The van der Waals surface area contributed by atoms with Crippen LogP contribution in [0.3, 0.4) is 0 Å². The highest BCUT2D eigenvalue weighted by atomic mass is 16.3. The highest BCUT2D eigenvalue weighted by Crippen LogP contribution is 2.35. The second-order valence-corrected chi connectivity index (χ2v) is 5.99. The molecule has 0 aliphatic heterocycles. The van der Waals surface area contributed by atoms with Crippen molar-refractivity contribution in [1.29, 1.82) is 0 Å². The van der Waals surface area contributed by atoms with E-state index >= 15 is 0 Å². The van der Waals surface area contributed by atoms with Crippen LogP contribution in [0.4, 0.5) is 0 Å². The molecule has 2 nitrogen and oxygen atoms in total. The van der Waals surface area contributed by atoms with Crippen LogP contribution in [0.25, 0.3) is 0 Å². The Morgan fingerprint density at radius 2 is 2.19 bits per heavy atom. The lowest BCUT2D eigenvalue weighted by Gasteiger charge is -2.37. The molecule has 1 aliphatic rings. The molecule has 1 saturated carbocycles. The molecule has 2 heteroatoms. The molecule has 0 aromatic heterocycles. The highest BCUT2D eigenvalue weighted by molar-refractivity contribution is 4.88. The smallest absolute Gasteiger partial charge is 0.0774 e. The maximum atomic E-state index is 10.5. The maximum Gasteiger partial charge on any atom is 0.0774 e. The Morgan fingerprint density at radius 1 is 1.44 bits per heavy atom. The normalized spacial score (nSPS) is 30.9. The molecule has 1 aliphatic carbocycles. The van der Waals surface area contributed by atoms with Crippen molar-refractivity contribution in [3.8, 4) is 0 Å². The van der Waals surface area contributed by atoms with E-state index in [1.165, 1.54) is 19.3 Å². The van der Waals surface area contributed by atoms with Crippen molar-refractivity contribution in [2.45, 2.75) is 64.9 Å². The van der Waals surface area contributed by atoms with Crippen LogP contribution in [0.2, 0.25) is 0 Å². The predicted molar refractivity (Wildman–Crippen MR) is 69.5 cm³/mol. The van der Waals surface area contributed by atoms with Gasteiger partial charge in [0.05, 0.1) is 5.60 Å². The molecule has 2 N–H and O–H groups in total. The molecule has 0 aromatic carbocycles. The number of hydrogen-bond acceptors (Lipinski definition) is 2. The van der Waals surface area contributed by atoms with E-state index in [0.717, 1.165) is 44.2 Å². The van der Waals surface area contributed by atoms with Crippen molar-refractivity contribution in [3.05, 3.63) is 0 Å². The van der Waals surface area contributed by atoms with Crippen LogP contribution in [0.1, 0.15) is 59.3 Å². The van der Waals surface area contributed by atoms with Crippen molar-refractivity contribution in [2.75, 3.05) is 13.1 Å². The molecule has 2 unspecified atom stereocenters. The molecule has 2 atom stereocenters. The van der Waals surface area contributed by atoms with Gasteiger partial charge in [0.1, 0.15) is 0 Å². The molecule has 0 heterocycles. The highest BCUT2D eigenvalue weighted by Gasteiger charge is 2.33. The molecule has 1 fully saturated rings. The van der Waals surface area contributed by atoms with E-state index in [1.807, 2.05) is 0 Å². The Kier molecular flexibility index (Phi) is 5.77. The molecule has 16 heavy (non-hydrogen) atoms. The summed E-state index contributed by atoms with van der Waals surface area (Å²) in [6.45, 7) is 8.54. The summed E-state index contributed by atoms with van der Waals surface area (Å²) in [6, 6.07) is 0. The minimum absolute atomic E-state index is 0.424. The van der Waals surface area contributed by atoms with Crippen molar-refractivity contribution in [2.24, 2.45) is 11.8 Å². The fourth-order valence-corrected chi connectivity index (χ4v) is 2.99. The third-order valence-electron chi connectivity index (χ3n) is 3.61. The van der Waals surface area contributed by atoms with Gasteiger partial charge in [-0.15, -0.1) is 0 Å². The van der Waals surface area contributed by atoms with Gasteiger partial charge in [0.15, 0.2) is 0 Å². The first-order chi connectivity index (χ1) is 7.56. The SMILES string of the molecule is CCCNCC1(O)CCCC(CC(C)C)C1. The van der Waals surface area contributed by atoms with Gasteiger partial charge in [0.2, 0.25) is 0 Å². The first-order valence-corrected chi connectivity index (χ1v) is 6.99. The summed E-state index contributed by atoms with van der Waals surface area (Å²) in [4.78, 5) is 0. The van der Waals surface area contributed by atoms with E-state index in [0.29, 0.717) is 0 Å². The van der Waals surface area contributed by atoms with Gasteiger partial charge in [-0.25, -0.2) is 0 Å². The third kappa shape index (κ3) is 4.84. The number of rotatable bonds is 6. The molecule has 0 amide bonds. The zero-order valence-electron chi connectivity index (χ0n) is 11.3. The fraction of sp³-hybridized carbons (Fsp3) is 1.00. The predicted octanol–water partition coefficient (Wildman–Crippen LogP) is 2.95. The quantitative estimate of drug-likeness (QED) is 0.684. The molecule has 0 radical (unpaired) electrons. The second kappa shape index (κ2) is 6.61. The van der Waals surface area contributed by atoms with Crippen molar-refractivity contribution < 1.29 is 5.11 Å². The molecule has 0 spiro atoms. The third-order valence-corrected chi connectivity index (χ3v) is 3.61. The monoisotopic (exact) mass is 227 g/mol. The maximum absolute atomic E-state index is 10.5. The summed E-state index contributed by atoms with van der Waals surface area (Å²) in [7, 11) is 0. The Hall–Kier alpha value is -0.0800. The van der Waals surface area contributed by atoms with Crippen LogP contribution in [0, 0.1) is 11.8 Å². The van der Waals surface area contributed by atoms with Gasteiger partial charge in [-0.05, 0) is 44.1 Å². The van der Waals surface area contributed by atoms with Gasteiger partial charge in [-0.1, -0.05) is 33.6 Å². The average Bonchev–Trinajstić information content (AvgIpc) is 2.16. The summed E-state index contributed by atoms with van der Waals surface area (Å²) < 4.78 is 0. The number of aliphatic hydroxyl groups is 1. The molecule has 0 saturated heterocycles. The average molecular weight is 227 g/mol. The van der Waals surface area contributed by atoms with Crippen molar-refractivity contribution in [3.63, 3.8) is 0 Å². The first-order valence-electron chi connectivity index (χ1n) is 6.99. The zero-order chi connectivity index (χ0) is 12.0. The Bertz CT molecular complexity index is 193. The standard InChI is InChI=1S/C14H29NO/c1-4-8-15-11-14(16)7-5-6-13(10-14)9-12(2)3/h12-13,15-16H,4-11H2,1-3H3. The lowest BCUT2D eigenvalue weighted by atomic mass is 9.75. The van der Waals surface area contributed by atoms with Gasteiger partial charge >= 0.3 is 0 Å². The van der Waals surface area contributed by atoms with Crippen LogP contribution in [0.5, 0.6) is 0 Å². The van der Waals surface area contributed by atoms with Crippen LogP contribution in [0.15, 0.2) is 0 Å². The molecular weight excluding hydrogens is 198 g/mol. The van der Waals surface area contributed by atoms with Crippen molar-refractivity contribution >= 4 is 0 Å². The van der Waals surface area contributed by atoms with E-state index in [1.54, 1.807) is 0 Å². The summed E-state index contributed by atoms with van der Waals surface area (Å²) in [6.07, 6.45) is 6.91. The Labute approximate surface area is 101 Å². The minimum Gasteiger partial charge on any atom is -0.389 e. The van der Waals surface area contributed by atoms with Crippen LogP contribution in [-0.4, -0.2) is 23.8 Å². The van der Waals surface area contributed by atoms with Gasteiger partial charge in [0, 0.05) is 6.54 Å². The first kappa shape index (κ1) is 14.0. The fourth-order valence-electron chi connectivity index (χ4n) is 2.99. The largest absolute Gasteiger partial charge is 0.389 e. The van der Waals surface area contributed by atoms with Gasteiger partial charge in [-0.2, -0.15) is 0 Å². The van der Waals surface area contributed by atoms with Crippen LogP contribution < -0.4 is 5.32 Å². The topological polar surface area (TPSA) is 32.3 Å². The van der Waals surface area contributed by atoms with E-state index in [-0.39, 0.29) is 0 Å². The summed E-state index contributed by atoms with van der Waals surface area (Å²) >= 11 is 0. The van der Waals surface area contributed by atoms with Crippen LogP contribution >= 0.6 is 0 Å². The Morgan fingerprint density at radius 3 is 2.81 bits per heavy atom. The second-order valence-electron chi connectivity index (χ2n) is 5.99. The summed E-state index contributed by atoms with van der Waals surface area (Å²) in [5.74, 6) is 1.50. The zero-order valence-corrected chi connectivity index (χ0v) is 11.3. The molecular formula is C14H29NO. The molecule has 0 aromatic rings. The lowest BCUT2D eigenvalue weighted by molar-refractivity contribution is -0.0179. The summed E-state index contributed by atoms with van der Waals surface area (Å²) in [5, 5.41) is 13.9. The summed E-state index contributed by atoms with van der Waals surface area (Å²) in [5.41, 5.74) is -0.424. The van der Waals surface area contributed by atoms with Gasteiger partial charge in [0.25, 0.3) is 0 Å². The van der Waals surface area contributed by atoms with E-state index in [4.69, 9.17) is 0 Å². The number of nitrogens with one attached hydrogen (secondary N) is 1. The minimum atomic E-state index is -0.424. The number of hydrogen-bond donors (Lipinski definition) is 2. The van der Waals surface area contributed by atoms with E-state index in [2.05, 4.69) is 26.1 Å². The van der Waals surface area contributed by atoms with Crippen LogP contribution in [-0.2, 0) is 0 Å². The van der Waals surface area contributed by atoms with Crippen molar-refractivity contribution in [1.82, 2.24) is 5.32 Å². The molecule has 96 valence electrons. The molecule has 0 bridgehead atoms.